The molecule has 1 heterocycles. The Balaban J connectivity index is 1.61. The summed E-state index contributed by atoms with van der Waals surface area (Å²) in [7, 11) is 0. The van der Waals surface area contributed by atoms with E-state index in [2.05, 4.69) is 0 Å². The first-order chi connectivity index (χ1) is 15.4. The van der Waals surface area contributed by atoms with Crippen molar-refractivity contribution in [1.29, 1.82) is 0 Å². The van der Waals surface area contributed by atoms with Crippen LogP contribution in [-0.4, -0.2) is 16.5 Å². The van der Waals surface area contributed by atoms with Crippen molar-refractivity contribution < 1.29 is 9.53 Å². The minimum atomic E-state index is -0.168. The number of nitrogens with zero attached hydrogens (tertiary/aromatic N) is 1. The van der Waals surface area contributed by atoms with E-state index in [-0.39, 0.29) is 5.91 Å². The first-order valence-electron chi connectivity index (χ1n) is 9.53. The summed E-state index contributed by atoms with van der Waals surface area (Å²) in [5.41, 5.74) is 2.41. The van der Waals surface area contributed by atoms with E-state index >= 15 is 0 Å². The van der Waals surface area contributed by atoms with Crippen LogP contribution in [-0.2, 0) is 11.4 Å². The quantitative estimate of drug-likeness (QED) is 0.190. The molecule has 0 aromatic heterocycles. The number of carbonyl (C=O) groups is 1. The number of benzene rings is 3. The molecule has 0 saturated carbocycles. The molecule has 0 unspecified atom stereocenters. The summed E-state index contributed by atoms with van der Waals surface area (Å²) in [6, 6.07) is 20.6. The average Bonchev–Trinajstić information content (AvgIpc) is 3.06. The lowest BCUT2D eigenvalue weighted by Crippen LogP contribution is -2.27. The van der Waals surface area contributed by atoms with E-state index < -0.39 is 0 Å². The predicted octanol–water partition coefficient (Wildman–Crippen LogP) is 7.70. The molecule has 3 nitrogen and oxygen atoms in total. The summed E-state index contributed by atoms with van der Waals surface area (Å²) in [4.78, 5) is 16.3. The van der Waals surface area contributed by atoms with Gasteiger partial charge in [0.05, 0.1) is 10.6 Å². The average molecular weight is 519 g/mol. The van der Waals surface area contributed by atoms with Crippen LogP contribution in [0, 0.1) is 0 Å². The fourth-order valence-electron chi connectivity index (χ4n) is 3.13. The van der Waals surface area contributed by atoms with E-state index in [1.54, 1.807) is 40.9 Å². The summed E-state index contributed by atoms with van der Waals surface area (Å²) in [6.07, 6.45) is 3.77. The molecule has 0 N–H and O–H groups in total. The molecule has 162 valence electrons. The molecule has 1 aliphatic rings. The lowest BCUT2D eigenvalue weighted by molar-refractivity contribution is -0.113. The molecule has 3 aromatic carbocycles. The molecular formula is C24H17Cl2NO2S3. The smallest absolute Gasteiger partial charge is 0.270 e. The van der Waals surface area contributed by atoms with Gasteiger partial charge in [0.1, 0.15) is 12.4 Å². The SMILES string of the molecule is CSc1cccc(N2C(=O)/C(=C\c3cc(Cl)ccc3OCc3cccc(Cl)c3)SC2=S)c1. The lowest BCUT2D eigenvalue weighted by Gasteiger charge is -2.15. The molecule has 3 aromatic rings. The van der Waals surface area contributed by atoms with Crippen LogP contribution < -0.4 is 9.64 Å². The second-order valence-corrected chi connectivity index (χ2v) is 10.2. The summed E-state index contributed by atoms with van der Waals surface area (Å²) in [6.45, 7) is 0.339. The van der Waals surface area contributed by atoms with Gasteiger partial charge >= 0.3 is 0 Å². The van der Waals surface area contributed by atoms with E-state index in [0.29, 0.717) is 37.2 Å². The van der Waals surface area contributed by atoms with Gasteiger partial charge in [-0.25, -0.2) is 0 Å². The van der Waals surface area contributed by atoms with E-state index in [1.807, 2.05) is 54.8 Å². The number of amides is 1. The van der Waals surface area contributed by atoms with Crippen molar-refractivity contribution in [1.82, 2.24) is 0 Å². The molecule has 8 heteroatoms. The van der Waals surface area contributed by atoms with Crippen molar-refractivity contribution in [3.63, 3.8) is 0 Å². The zero-order valence-corrected chi connectivity index (χ0v) is 20.8. The van der Waals surface area contributed by atoms with Crippen molar-refractivity contribution in [3.05, 3.63) is 92.8 Å². The van der Waals surface area contributed by atoms with E-state index in [1.165, 1.54) is 11.8 Å². The van der Waals surface area contributed by atoms with Crippen molar-refractivity contribution in [2.45, 2.75) is 11.5 Å². The number of carbonyl (C=O) groups excluding carboxylic acids is 1. The molecule has 1 fully saturated rings. The van der Waals surface area contributed by atoms with Gasteiger partial charge in [0.15, 0.2) is 4.32 Å². The molecule has 4 rings (SSSR count). The fourth-order valence-corrected chi connectivity index (χ4v) is 5.27. The summed E-state index contributed by atoms with van der Waals surface area (Å²) in [5.74, 6) is 0.447. The number of hydrogen-bond donors (Lipinski definition) is 0. The van der Waals surface area contributed by atoms with E-state index in [0.717, 1.165) is 16.1 Å². The topological polar surface area (TPSA) is 29.5 Å². The van der Waals surface area contributed by atoms with Gasteiger partial charge in [-0.2, -0.15) is 0 Å². The van der Waals surface area contributed by atoms with Crippen LogP contribution in [0.5, 0.6) is 5.75 Å². The van der Waals surface area contributed by atoms with Crippen LogP contribution in [0.3, 0.4) is 0 Å². The molecule has 1 amide bonds. The van der Waals surface area contributed by atoms with Gasteiger partial charge in [-0.15, -0.1) is 11.8 Å². The second-order valence-electron chi connectivity index (χ2n) is 6.82. The second kappa shape index (κ2) is 10.3. The largest absolute Gasteiger partial charge is 0.488 e. The molecule has 32 heavy (non-hydrogen) atoms. The Morgan fingerprint density at radius 1 is 1.06 bits per heavy atom. The van der Waals surface area contributed by atoms with Crippen LogP contribution in [0.2, 0.25) is 10.0 Å². The summed E-state index contributed by atoms with van der Waals surface area (Å²) < 4.78 is 6.50. The van der Waals surface area contributed by atoms with Crippen molar-refractivity contribution >= 4 is 80.9 Å². The first-order valence-corrected chi connectivity index (χ1v) is 12.7. The van der Waals surface area contributed by atoms with Crippen LogP contribution in [0.25, 0.3) is 6.08 Å². The maximum Gasteiger partial charge on any atom is 0.270 e. The molecule has 0 spiro atoms. The molecule has 0 radical (unpaired) electrons. The van der Waals surface area contributed by atoms with E-state index in [4.69, 9.17) is 40.2 Å². The third-order valence-electron chi connectivity index (χ3n) is 4.65. The normalized spacial score (nSPS) is 15.0. The summed E-state index contributed by atoms with van der Waals surface area (Å²) >= 11 is 20.7. The van der Waals surface area contributed by atoms with Gasteiger partial charge in [-0.1, -0.05) is 65.4 Å². The van der Waals surface area contributed by atoms with Gasteiger partial charge in [0.2, 0.25) is 0 Å². The van der Waals surface area contributed by atoms with Gasteiger partial charge in [0, 0.05) is 20.5 Å². The molecular weight excluding hydrogens is 501 g/mol. The minimum absolute atomic E-state index is 0.168. The van der Waals surface area contributed by atoms with E-state index in [9.17, 15) is 4.79 Å². The standard InChI is InChI=1S/C24H17Cl2NO2S3/c1-31-20-7-3-6-19(13-20)27-23(28)22(32-24(27)30)12-16-11-18(26)8-9-21(16)29-14-15-4-2-5-17(25)10-15/h2-13H,14H2,1H3/b22-12+. The van der Waals surface area contributed by atoms with Crippen LogP contribution >= 0.6 is 58.9 Å². The maximum absolute atomic E-state index is 13.2. The lowest BCUT2D eigenvalue weighted by atomic mass is 10.1. The highest BCUT2D eigenvalue weighted by molar-refractivity contribution is 8.27. The number of thiocarbonyl (C=S) groups is 1. The molecule has 0 atom stereocenters. The minimum Gasteiger partial charge on any atom is -0.488 e. The fraction of sp³-hybridized carbons (Fsp3) is 0.0833. The monoisotopic (exact) mass is 517 g/mol. The Morgan fingerprint density at radius 3 is 2.62 bits per heavy atom. The molecule has 1 saturated heterocycles. The number of anilines is 1. The highest BCUT2D eigenvalue weighted by atomic mass is 35.5. The van der Waals surface area contributed by atoms with Crippen molar-refractivity contribution in [3.8, 4) is 5.75 Å². The Kier molecular flexibility index (Phi) is 7.48. The Hall–Kier alpha value is -1.96. The highest BCUT2D eigenvalue weighted by Crippen LogP contribution is 2.38. The van der Waals surface area contributed by atoms with Crippen LogP contribution in [0.1, 0.15) is 11.1 Å². The molecule has 0 bridgehead atoms. The van der Waals surface area contributed by atoms with Crippen LogP contribution in [0.4, 0.5) is 5.69 Å². The van der Waals surface area contributed by atoms with Gasteiger partial charge in [-0.05, 0) is 66.4 Å². The third-order valence-corrected chi connectivity index (χ3v) is 7.14. The number of ether oxygens (including phenoxy) is 1. The number of rotatable bonds is 6. The summed E-state index contributed by atoms with van der Waals surface area (Å²) in [5, 5.41) is 1.20. The van der Waals surface area contributed by atoms with Crippen molar-refractivity contribution in [2.75, 3.05) is 11.2 Å². The van der Waals surface area contributed by atoms with Gasteiger partial charge in [0.25, 0.3) is 5.91 Å². The first kappa shape index (κ1) is 23.2. The number of thioether (sulfide) groups is 2. The van der Waals surface area contributed by atoms with Gasteiger partial charge in [-0.3, -0.25) is 9.69 Å². The zero-order chi connectivity index (χ0) is 22.7. The predicted molar refractivity (Wildman–Crippen MR) is 141 cm³/mol. The Morgan fingerprint density at radius 2 is 1.84 bits per heavy atom. The molecule has 1 aliphatic heterocycles. The maximum atomic E-state index is 13.2. The number of hydrogen-bond acceptors (Lipinski definition) is 5. The Bertz CT molecular complexity index is 1230. The third kappa shape index (κ3) is 5.33. The highest BCUT2D eigenvalue weighted by Gasteiger charge is 2.33. The molecule has 0 aliphatic carbocycles. The number of halogens is 2. The van der Waals surface area contributed by atoms with Crippen molar-refractivity contribution in [2.24, 2.45) is 0 Å². The zero-order valence-electron chi connectivity index (χ0n) is 16.9. The van der Waals surface area contributed by atoms with Crippen LogP contribution in [0.15, 0.2) is 76.5 Å². The Labute approximate surface area is 210 Å². The van der Waals surface area contributed by atoms with Gasteiger partial charge < -0.3 is 4.74 Å².